The fourth-order valence-corrected chi connectivity index (χ4v) is 2.94. The fraction of sp³-hybridized carbons (Fsp3) is 0.391. The van der Waals surface area contributed by atoms with Gasteiger partial charge in [-0.25, -0.2) is 0 Å². The number of methoxy groups -OCH3 is 1. The average molecular weight is 433 g/mol. The first-order valence-corrected chi connectivity index (χ1v) is 10.3. The van der Waals surface area contributed by atoms with Crippen molar-refractivity contribution in [2.75, 3.05) is 13.7 Å². The third-order valence-electron chi connectivity index (χ3n) is 4.84. The van der Waals surface area contributed by atoms with Crippen LogP contribution in [0.3, 0.4) is 0 Å². The van der Waals surface area contributed by atoms with E-state index in [2.05, 4.69) is 5.32 Å². The molecule has 7 heteroatoms. The molecular formula is C23H29ClN2O4. The quantitative estimate of drug-likeness (QED) is 0.614. The molecule has 0 radical (unpaired) electrons. The molecule has 0 aromatic heterocycles. The Morgan fingerprint density at radius 1 is 1.10 bits per heavy atom. The van der Waals surface area contributed by atoms with E-state index in [0.717, 1.165) is 17.7 Å². The van der Waals surface area contributed by atoms with E-state index in [1.165, 1.54) is 4.90 Å². The number of carbonyl (C=O) groups is 2. The summed E-state index contributed by atoms with van der Waals surface area (Å²) in [5, 5.41) is 3.46. The second kappa shape index (κ2) is 11.5. The number of rotatable bonds is 10. The number of ether oxygens (including phenoxy) is 2. The maximum Gasteiger partial charge on any atom is 0.261 e. The third-order valence-corrected chi connectivity index (χ3v) is 5.07. The van der Waals surface area contributed by atoms with Gasteiger partial charge < -0.3 is 19.7 Å². The van der Waals surface area contributed by atoms with Gasteiger partial charge in [-0.05, 0) is 56.2 Å². The van der Waals surface area contributed by atoms with Gasteiger partial charge in [0.15, 0.2) is 6.61 Å². The summed E-state index contributed by atoms with van der Waals surface area (Å²) in [4.78, 5) is 27.2. The highest BCUT2D eigenvalue weighted by Gasteiger charge is 2.27. The Morgan fingerprint density at radius 3 is 2.40 bits per heavy atom. The minimum absolute atomic E-state index is 0.0283. The highest BCUT2D eigenvalue weighted by atomic mass is 35.5. The predicted octanol–water partition coefficient (Wildman–Crippen LogP) is 4.06. The van der Waals surface area contributed by atoms with Gasteiger partial charge >= 0.3 is 0 Å². The lowest BCUT2D eigenvalue weighted by atomic mass is 10.1. The highest BCUT2D eigenvalue weighted by molar-refractivity contribution is 6.30. The van der Waals surface area contributed by atoms with Crippen molar-refractivity contribution < 1.29 is 19.1 Å². The van der Waals surface area contributed by atoms with Crippen LogP contribution >= 0.6 is 11.6 Å². The topological polar surface area (TPSA) is 67.9 Å². The summed E-state index contributed by atoms with van der Waals surface area (Å²) >= 11 is 5.97. The van der Waals surface area contributed by atoms with Gasteiger partial charge in [-0.3, -0.25) is 9.59 Å². The van der Waals surface area contributed by atoms with Gasteiger partial charge in [-0.2, -0.15) is 0 Å². The minimum Gasteiger partial charge on any atom is -0.497 e. The first-order chi connectivity index (χ1) is 14.3. The number of nitrogens with zero attached hydrogens (tertiary/aromatic N) is 1. The third kappa shape index (κ3) is 6.95. The van der Waals surface area contributed by atoms with Crippen molar-refractivity contribution in [3.8, 4) is 11.5 Å². The van der Waals surface area contributed by atoms with Gasteiger partial charge in [-0.1, -0.05) is 36.7 Å². The normalized spacial score (nSPS) is 12.6. The van der Waals surface area contributed by atoms with Gasteiger partial charge in [0.2, 0.25) is 5.91 Å². The lowest BCUT2D eigenvalue weighted by Crippen LogP contribution is -2.50. The van der Waals surface area contributed by atoms with Crippen LogP contribution in [-0.2, 0) is 16.1 Å². The first kappa shape index (κ1) is 23.5. The van der Waals surface area contributed by atoms with Crippen molar-refractivity contribution in [2.45, 2.75) is 45.8 Å². The van der Waals surface area contributed by atoms with Gasteiger partial charge in [0.05, 0.1) is 7.11 Å². The monoisotopic (exact) mass is 432 g/mol. The number of halogens is 1. The Labute approximate surface area is 183 Å². The Bertz CT molecular complexity index is 841. The Balaban J connectivity index is 2.15. The second-order valence-corrected chi connectivity index (χ2v) is 7.55. The molecule has 0 heterocycles. The predicted molar refractivity (Wildman–Crippen MR) is 118 cm³/mol. The van der Waals surface area contributed by atoms with Crippen LogP contribution in [0.5, 0.6) is 11.5 Å². The molecule has 0 unspecified atom stereocenters. The number of benzene rings is 2. The van der Waals surface area contributed by atoms with E-state index in [9.17, 15) is 9.59 Å². The molecule has 2 aromatic rings. The molecule has 0 aliphatic carbocycles. The van der Waals surface area contributed by atoms with Crippen LogP contribution in [0.1, 0.15) is 32.8 Å². The van der Waals surface area contributed by atoms with Gasteiger partial charge in [-0.15, -0.1) is 0 Å². The van der Waals surface area contributed by atoms with E-state index in [-0.39, 0.29) is 31.0 Å². The highest BCUT2D eigenvalue weighted by Crippen LogP contribution is 2.18. The number of nitrogens with one attached hydrogen (secondary N) is 1. The van der Waals surface area contributed by atoms with Crippen LogP contribution < -0.4 is 14.8 Å². The molecule has 2 amide bonds. The first-order valence-electron chi connectivity index (χ1n) is 9.95. The summed E-state index contributed by atoms with van der Waals surface area (Å²) < 4.78 is 10.8. The molecule has 0 fully saturated rings. The van der Waals surface area contributed by atoms with Crippen molar-refractivity contribution in [3.63, 3.8) is 0 Å². The molecule has 0 saturated heterocycles. The molecule has 2 rings (SSSR count). The van der Waals surface area contributed by atoms with Crippen molar-refractivity contribution in [3.05, 3.63) is 59.1 Å². The molecule has 0 aliphatic heterocycles. The van der Waals surface area contributed by atoms with Gasteiger partial charge in [0.25, 0.3) is 5.91 Å². The summed E-state index contributed by atoms with van der Waals surface area (Å²) in [6.07, 6.45) is 0.808. The minimum atomic E-state index is -0.656. The number of hydrogen-bond donors (Lipinski definition) is 1. The summed E-state index contributed by atoms with van der Waals surface area (Å²) in [6, 6.07) is 13.6. The van der Waals surface area contributed by atoms with E-state index in [4.69, 9.17) is 21.1 Å². The van der Waals surface area contributed by atoms with Gasteiger partial charge in [0.1, 0.15) is 17.5 Å². The Hall–Kier alpha value is -2.73. The molecular weight excluding hydrogens is 404 g/mol. The van der Waals surface area contributed by atoms with Crippen molar-refractivity contribution >= 4 is 23.4 Å². The summed E-state index contributed by atoms with van der Waals surface area (Å²) in [7, 11) is 1.60. The van der Waals surface area contributed by atoms with E-state index < -0.39 is 6.04 Å². The lowest BCUT2D eigenvalue weighted by molar-refractivity contribution is -0.142. The SMILES string of the molecule is CC[C@@H](C)NC(=O)[C@@H](C)N(Cc1ccc(OC)cc1)C(=O)COc1cccc(Cl)c1. The van der Waals surface area contributed by atoms with Crippen LogP contribution in [0.4, 0.5) is 0 Å². The molecule has 6 nitrogen and oxygen atoms in total. The van der Waals surface area contributed by atoms with E-state index in [1.807, 2.05) is 38.1 Å². The van der Waals surface area contributed by atoms with Crippen molar-refractivity contribution in [1.82, 2.24) is 10.2 Å². The smallest absolute Gasteiger partial charge is 0.261 e. The largest absolute Gasteiger partial charge is 0.497 e. The number of amides is 2. The molecule has 30 heavy (non-hydrogen) atoms. The second-order valence-electron chi connectivity index (χ2n) is 7.11. The Morgan fingerprint density at radius 2 is 1.80 bits per heavy atom. The van der Waals surface area contributed by atoms with Crippen LogP contribution in [0.25, 0.3) is 0 Å². The Kier molecular flexibility index (Phi) is 8.99. The summed E-state index contributed by atoms with van der Waals surface area (Å²) in [6.45, 7) is 5.73. The molecule has 2 aromatic carbocycles. The van der Waals surface area contributed by atoms with Crippen molar-refractivity contribution in [2.24, 2.45) is 0 Å². The zero-order valence-electron chi connectivity index (χ0n) is 17.9. The van der Waals surface area contributed by atoms with E-state index in [0.29, 0.717) is 10.8 Å². The van der Waals surface area contributed by atoms with Crippen LogP contribution in [0, 0.1) is 0 Å². The zero-order chi connectivity index (χ0) is 22.1. The summed E-state index contributed by atoms with van der Waals surface area (Å²) in [5.74, 6) is 0.729. The maximum absolute atomic E-state index is 13.0. The molecule has 2 atom stereocenters. The van der Waals surface area contributed by atoms with Crippen LogP contribution in [0.15, 0.2) is 48.5 Å². The molecule has 1 N–H and O–H groups in total. The molecule has 0 aliphatic rings. The molecule has 0 bridgehead atoms. The fourth-order valence-electron chi connectivity index (χ4n) is 2.76. The van der Waals surface area contributed by atoms with Gasteiger partial charge in [0, 0.05) is 17.6 Å². The zero-order valence-corrected chi connectivity index (χ0v) is 18.6. The summed E-state index contributed by atoms with van der Waals surface area (Å²) in [5.41, 5.74) is 0.884. The molecule has 0 saturated carbocycles. The van der Waals surface area contributed by atoms with E-state index in [1.54, 1.807) is 38.3 Å². The number of carbonyl (C=O) groups excluding carboxylic acids is 2. The standard InChI is InChI=1S/C23H29ClN2O4/c1-5-16(2)25-23(28)17(3)26(14-18-9-11-20(29-4)12-10-18)22(27)15-30-21-8-6-7-19(24)13-21/h6-13,16-17H,5,14-15H2,1-4H3,(H,25,28)/t16-,17-/m1/s1. The average Bonchev–Trinajstić information content (AvgIpc) is 2.75. The van der Waals surface area contributed by atoms with Crippen molar-refractivity contribution in [1.29, 1.82) is 0 Å². The van der Waals surface area contributed by atoms with Crippen LogP contribution in [0.2, 0.25) is 5.02 Å². The molecule has 0 spiro atoms. The lowest BCUT2D eigenvalue weighted by Gasteiger charge is -2.29. The van der Waals surface area contributed by atoms with Crippen LogP contribution in [-0.4, -0.2) is 42.5 Å². The van der Waals surface area contributed by atoms with E-state index >= 15 is 0 Å². The molecule has 162 valence electrons. The maximum atomic E-state index is 13.0. The number of hydrogen-bond acceptors (Lipinski definition) is 4.